The molecule has 7 heteroatoms. The van der Waals surface area contributed by atoms with Crippen LogP contribution in [0.5, 0.6) is 0 Å². The van der Waals surface area contributed by atoms with Crippen LogP contribution in [0.2, 0.25) is 0 Å². The number of rotatable bonds is 4. The van der Waals surface area contributed by atoms with Crippen LogP contribution in [-0.2, 0) is 9.84 Å². The minimum absolute atomic E-state index is 0.0617. The number of sulfone groups is 1. The highest BCUT2D eigenvalue weighted by Gasteiger charge is 2.25. The first kappa shape index (κ1) is 15.0. The van der Waals surface area contributed by atoms with Crippen LogP contribution >= 0.6 is 0 Å². The molecule has 0 aliphatic carbocycles. The molecular formula is C13H22N4O2S. The van der Waals surface area contributed by atoms with Gasteiger partial charge in [0, 0.05) is 25.1 Å². The van der Waals surface area contributed by atoms with Gasteiger partial charge in [-0.3, -0.25) is 0 Å². The molecule has 0 aromatic carbocycles. The van der Waals surface area contributed by atoms with Crippen LogP contribution < -0.4 is 10.6 Å². The molecule has 0 saturated carbocycles. The first-order chi connectivity index (χ1) is 9.39. The third-order valence-corrected chi connectivity index (χ3v) is 5.15. The molecule has 0 amide bonds. The summed E-state index contributed by atoms with van der Waals surface area (Å²) in [7, 11) is -1.11. The highest BCUT2D eigenvalue weighted by atomic mass is 32.2. The molecule has 1 unspecified atom stereocenters. The van der Waals surface area contributed by atoms with Crippen LogP contribution in [0.1, 0.15) is 38.4 Å². The summed E-state index contributed by atoms with van der Waals surface area (Å²) in [5.74, 6) is 2.88. The van der Waals surface area contributed by atoms with Gasteiger partial charge < -0.3 is 10.6 Å². The Balaban J connectivity index is 2.18. The second-order valence-electron chi connectivity index (χ2n) is 5.50. The van der Waals surface area contributed by atoms with Gasteiger partial charge in [-0.2, -0.15) is 0 Å². The van der Waals surface area contributed by atoms with E-state index in [1.54, 1.807) is 7.05 Å². The Kier molecular flexibility index (Phi) is 4.47. The van der Waals surface area contributed by atoms with Gasteiger partial charge in [-0.1, -0.05) is 13.8 Å². The van der Waals surface area contributed by atoms with Crippen molar-refractivity contribution in [2.75, 3.05) is 29.2 Å². The zero-order valence-electron chi connectivity index (χ0n) is 12.2. The Morgan fingerprint density at radius 3 is 2.60 bits per heavy atom. The predicted molar refractivity (Wildman–Crippen MR) is 81.0 cm³/mol. The van der Waals surface area contributed by atoms with E-state index in [1.165, 1.54) is 0 Å². The van der Waals surface area contributed by atoms with E-state index in [0.717, 1.165) is 18.1 Å². The maximum atomic E-state index is 11.7. The number of hydrogen-bond acceptors (Lipinski definition) is 6. The molecule has 0 radical (unpaired) electrons. The molecule has 2 rings (SSSR count). The fourth-order valence-corrected chi connectivity index (χ4v) is 3.91. The number of nitrogens with zero attached hydrogens (tertiary/aromatic N) is 2. The van der Waals surface area contributed by atoms with Crippen molar-refractivity contribution in [2.45, 2.75) is 38.6 Å². The Bertz CT molecular complexity index is 572. The second-order valence-corrected chi connectivity index (χ2v) is 7.73. The summed E-state index contributed by atoms with van der Waals surface area (Å²) in [5.41, 5.74) is 0. The monoisotopic (exact) mass is 298 g/mol. The first-order valence-electron chi connectivity index (χ1n) is 6.93. The molecule has 0 spiro atoms. The molecule has 1 aromatic rings. The van der Waals surface area contributed by atoms with Crippen LogP contribution in [0.25, 0.3) is 0 Å². The molecule has 0 bridgehead atoms. The van der Waals surface area contributed by atoms with Gasteiger partial charge in [0.1, 0.15) is 17.5 Å². The minimum atomic E-state index is -2.92. The van der Waals surface area contributed by atoms with Gasteiger partial charge in [0.15, 0.2) is 9.84 Å². The molecule has 1 aromatic heterocycles. The van der Waals surface area contributed by atoms with Crippen molar-refractivity contribution in [1.82, 2.24) is 9.97 Å². The van der Waals surface area contributed by atoms with Gasteiger partial charge in [-0.05, 0) is 12.8 Å². The third-order valence-electron chi connectivity index (χ3n) is 3.33. The summed E-state index contributed by atoms with van der Waals surface area (Å²) < 4.78 is 23.3. The van der Waals surface area contributed by atoms with E-state index in [4.69, 9.17) is 0 Å². The Morgan fingerprint density at radius 2 is 2.00 bits per heavy atom. The van der Waals surface area contributed by atoms with E-state index < -0.39 is 9.84 Å². The van der Waals surface area contributed by atoms with Crippen molar-refractivity contribution < 1.29 is 8.42 Å². The van der Waals surface area contributed by atoms with E-state index in [1.807, 2.05) is 19.9 Å². The maximum Gasteiger partial charge on any atom is 0.152 e. The van der Waals surface area contributed by atoms with Gasteiger partial charge >= 0.3 is 0 Å². The zero-order chi connectivity index (χ0) is 14.8. The topological polar surface area (TPSA) is 84.0 Å². The largest absolute Gasteiger partial charge is 0.373 e. The minimum Gasteiger partial charge on any atom is -0.373 e. The molecule has 1 aliphatic rings. The van der Waals surface area contributed by atoms with Gasteiger partial charge in [-0.25, -0.2) is 18.4 Å². The van der Waals surface area contributed by atoms with Crippen LogP contribution in [0.3, 0.4) is 0 Å². The van der Waals surface area contributed by atoms with E-state index >= 15 is 0 Å². The van der Waals surface area contributed by atoms with E-state index in [9.17, 15) is 8.42 Å². The molecular weight excluding hydrogens is 276 g/mol. The Labute approximate surface area is 120 Å². The van der Waals surface area contributed by atoms with Crippen LogP contribution in [0, 0.1) is 0 Å². The van der Waals surface area contributed by atoms with Gasteiger partial charge in [0.25, 0.3) is 0 Å². The predicted octanol–water partition coefficient (Wildman–Crippen LogP) is 1.63. The van der Waals surface area contributed by atoms with Crippen molar-refractivity contribution >= 4 is 21.5 Å². The molecule has 6 nitrogen and oxygen atoms in total. The summed E-state index contributed by atoms with van der Waals surface area (Å²) in [4.78, 5) is 8.86. The lowest BCUT2D eigenvalue weighted by atomic mass is 10.2. The molecule has 1 fully saturated rings. The van der Waals surface area contributed by atoms with Crippen molar-refractivity contribution in [3.05, 3.63) is 11.9 Å². The second kappa shape index (κ2) is 5.95. The average molecular weight is 298 g/mol. The van der Waals surface area contributed by atoms with Crippen molar-refractivity contribution in [3.8, 4) is 0 Å². The fourth-order valence-electron chi connectivity index (χ4n) is 2.27. The highest BCUT2D eigenvalue weighted by molar-refractivity contribution is 7.91. The van der Waals surface area contributed by atoms with Crippen LogP contribution in [0.4, 0.5) is 11.6 Å². The fraction of sp³-hybridized carbons (Fsp3) is 0.692. The number of nitrogens with one attached hydrogen (secondary N) is 2. The summed E-state index contributed by atoms with van der Waals surface area (Å²) in [6, 6.07) is 1.75. The number of aromatic nitrogens is 2. The first-order valence-corrected chi connectivity index (χ1v) is 8.75. The molecule has 2 N–H and O–H groups in total. The third kappa shape index (κ3) is 3.82. The standard InChI is InChI=1S/C13H22N4O2S/c1-9(2)13-16-11(14-3)7-12(17-13)15-10-5-4-6-20(18,19)8-10/h7,9-10H,4-6,8H2,1-3H3,(H2,14,15,16,17). The highest BCUT2D eigenvalue weighted by Crippen LogP contribution is 2.20. The van der Waals surface area contributed by atoms with Gasteiger partial charge in [-0.15, -0.1) is 0 Å². The number of hydrogen-bond donors (Lipinski definition) is 2. The summed E-state index contributed by atoms with van der Waals surface area (Å²) in [5, 5.41) is 6.24. The quantitative estimate of drug-likeness (QED) is 0.879. The Hall–Kier alpha value is -1.37. The lowest BCUT2D eigenvalue weighted by Crippen LogP contribution is -2.35. The lowest BCUT2D eigenvalue weighted by molar-refractivity contribution is 0.561. The normalized spacial score (nSPS) is 21.7. The molecule has 1 aliphatic heterocycles. The summed E-state index contributed by atoms with van der Waals surface area (Å²) in [6.45, 7) is 4.06. The van der Waals surface area contributed by atoms with Crippen LogP contribution in [0.15, 0.2) is 6.07 Å². The van der Waals surface area contributed by atoms with Crippen LogP contribution in [-0.4, -0.2) is 43.0 Å². The number of anilines is 2. The SMILES string of the molecule is CNc1cc(NC2CCCS(=O)(=O)C2)nc(C(C)C)n1. The smallest absolute Gasteiger partial charge is 0.152 e. The van der Waals surface area contributed by atoms with E-state index in [-0.39, 0.29) is 17.7 Å². The molecule has 2 heterocycles. The summed E-state index contributed by atoms with van der Waals surface area (Å²) in [6.07, 6.45) is 1.57. The molecule has 112 valence electrons. The molecule has 1 atom stereocenters. The molecule has 20 heavy (non-hydrogen) atoms. The van der Waals surface area contributed by atoms with Gasteiger partial charge in [0.2, 0.25) is 0 Å². The van der Waals surface area contributed by atoms with Crippen molar-refractivity contribution in [3.63, 3.8) is 0 Å². The Morgan fingerprint density at radius 1 is 1.30 bits per heavy atom. The van der Waals surface area contributed by atoms with E-state index in [2.05, 4.69) is 20.6 Å². The van der Waals surface area contributed by atoms with Crippen molar-refractivity contribution in [1.29, 1.82) is 0 Å². The summed E-state index contributed by atoms with van der Waals surface area (Å²) >= 11 is 0. The maximum absolute atomic E-state index is 11.7. The lowest BCUT2D eigenvalue weighted by Gasteiger charge is -2.24. The van der Waals surface area contributed by atoms with Gasteiger partial charge in [0.05, 0.1) is 11.5 Å². The average Bonchev–Trinajstić information content (AvgIpc) is 2.37. The molecule has 1 saturated heterocycles. The zero-order valence-corrected chi connectivity index (χ0v) is 13.0. The van der Waals surface area contributed by atoms with E-state index in [0.29, 0.717) is 18.0 Å². The van der Waals surface area contributed by atoms with Crippen molar-refractivity contribution in [2.24, 2.45) is 0 Å².